The van der Waals surface area contributed by atoms with Crippen LogP contribution in [0, 0.1) is 5.92 Å². The van der Waals surface area contributed by atoms with Gasteiger partial charge >= 0.3 is 6.09 Å². The van der Waals surface area contributed by atoms with Crippen LogP contribution in [0.1, 0.15) is 33.6 Å². The second kappa shape index (κ2) is 8.04. The molecule has 1 fully saturated rings. The first-order valence-corrected chi connectivity index (χ1v) is 9.44. The molecule has 28 heavy (non-hydrogen) atoms. The van der Waals surface area contributed by atoms with Crippen LogP contribution >= 0.6 is 0 Å². The molecule has 9 nitrogen and oxygen atoms in total. The van der Waals surface area contributed by atoms with E-state index in [4.69, 9.17) is 15.2 Å². The van der Waals surface area contributed by atoms with Gasteiger partial charge in [0.2, 0.25) is 0 Å². The van der Waals surface area contributed by atoms with Crippen LogP contribution < -0.4 is 10.5 Å². The molecule has 3 rings (SSSR count). The number of nitrogen functional groups attached to an aromatic ring is 1. The molecule has 2 aromatic heterocycles. The first-order valence-electron chi connectivity index (χ1n) is 9.44. The fraction of sp³-hybridized carbons (Fsp3) is 0.579. The largest absolute Gasteiger partial charge is 0.489 e. The average molecular weight is 388 g/mol. The zero-order valence-electron chi connectivity index (χ0n) is 16.9. The van der Waals surface area contributed by atoms with Crippen molar-refractivity contribution in [1.29, 1.82) is 0 Å². The molecule has 9 heteroatoms. The van der Waals surface area contributed by atoms with E-state index in [1.54, 1.807) is 22.0 Å². The predicted octanol–water partition coefficient (Wildman–Crippen LogP) is 2.49. The number of piperidine rings is 1. The lowest BCUT2D eigenvalue weighted by Gasteiger charge is -2.33. The Labute approximate surface area is 164 Å². The molecule has 0 saturated carbocycles. The molecule has 0 unspecified atom stereocenters. The van der Waals surface area contributed by atoms with E-state index in [9.17, 15) is 4.79 Å². The van der Waals surface area contributed by atoms with Gasteiger partial charge < -0.3 is 20.1 Å². The number of aryl methyl sites for hydroxylation is 1. The molecule has 2 aromatic rings. The van der Waals surface area contributed by atoms with Gasteiger partial charge in [-0.25, -0.2) is 14.5 Å². The maximum atomic E-state index is 12.2. The van der Waals surface area contributed by atoms with Crippen molar-refractivity contribution in [1.82, 2.24) is 24.9 Å². The highest BCUT2D eigenvalue weighted by molar-refractivity contribution is 5.68. The molecular weight excluding hydrogens is 360 g/mol. The Morgan fingerprint density at radius 2 is 2.00 bits per heavy atom. The highest BCUT2D eigenvalue weighted by Gasteiger charge is 2.27. The number of carbonyl (C=O) groups excluding carboxylic acids is 1. The minimum Gasteiger partial charge on any atom is -0.489 e. The molecular formula is C19H28N6O3. The summed E-state index contributed by atoms with van der Waals surface area (Å²) in [6.07, 6.45) is 4.82. The van der Waals surface area contributed by atoms with Gasteiger partial charge in [0.05, 0.1) is 18.5 Å². The molecule has 1 amide bonds. The van der Waals surface area contributed by atoms with E-state index in [-0.39, 0.29) is 6.09 Å². The molecule has 1 aliphatic rings. The molecule has 2 N–H and O–H groups in total. The van der Waals surface area contributed by atoms with Crippen LogP contribution in [0.25, 0.3) is 11.3 Å². The Bertz CT molecular complexity index is 821. The van der Waals surface area contributed by atoms with Gasteiger partial charge in [0.1, 0.15) is 5.60 Å². The Morgan fingerprint density at radius 3 is 2.61 bits per heavy atom. The highest BCUT2D eigenvalue weighted by atomic mass is 16.6. The number of rotatable bonds is 4. The van der Waals surface area contributed by atoms with E-state index >= 15 is 0 Å². The number of pyridine rings is 1. The summed E-state index contributed by atoms with van der Waals surface area (Å²) in [5, 5.41) is 7.82. The standard InChI is InChI=1S/C19H28N6O3/c1-19(2,3)28-18(26)25-7-5-13(6-8-25)12-27-16-9-14(10-21-17(16)20)15-11-22-23-24(15)4/h9-11,13H,5-8,12H2,1-4H3,(H2,20,21). The summed E-state index contributed by atoms with van der Waals surface area (Å²) in [4.78, 5) is 18.1. The van der Waals surface area contributed by atoms with Crippen LogP contribution in [0.5, 0.6) is 5.75 Å². The number of hydrogen-bond acceptors (Lipinski definition) is 7. The maximum Gasteiger partial charge on any atom is 0.410 e. The second-order valence-electron chi connectivity index (χ2n) is 8.07. The molecule has 0 aliphatic carbocycles. The van der Waals surface area contributed by atoms with E-state index in [0.29, 0.717) is 37.2 Å². The summed E-state index contributed by atoms with van der Waals surface area (Å²) >= 11 is 0. The average Bonchev–Trinajstić information content (AvgIpc) is 3.06. The van der Waals surface area contributed by atoms with Crippen molar-refractivity contribution in [2.45, 2.75) is 39.2 Å². The monoisotopic (exact) mass is 388 g/mol. The van der Waals surface area contributed by atoms with Crippen molar-refractivity contribution in [2.75, 3.05) is 25.4 Å². The van der Waals surface area contributed by atoms with Gasteiger partial charge in [-0.05, 0) is 45.6 Å². The summed E-state index contributed by atoms with van der Waals surface area (Å²) in [5.41, 5.74) is 7.18. The normalized spacial score (nSPS) is 15.5. The minimum atomic E-state index is -0.476. The summed E-state index contributed by atoms with van der Waals surface area (Å²) in [5.74, 6) is 1.25. The predicted molar refractivity (Wildman–Crippen MR) is 105 cm³/mol. The van der Waals surface area contributed by atoms with Gasteiger partial charge in [0.25, 0.3) is 0 Å². The third kappa shape index (κ3) is 4.90. The van der Waals surface area contributed by atoms with Crippen LogP contribution in [0.4, 0.5) is 10.6 Å². The van der Waals surface area contributed by atoms with Crippen LogP contribution in [0.15, 0.2) is 18.5 Å². The van der Waals surface area contributed by atoms with Gasteiger partial charge in [-0.1, -0.05) is 5.21 Å². The Kier molecular flexibility index (Phi) is 5.71. The number of carbonyl (C=O) groups is 1. The molecule has 152 valence electrons. The topological polar surface area (TPSA) is 108 Å². The number of amides is 1. The van der Waals surface area contributed by atoms with Crippen molar-refractivity contribution in [3.8, 4) is 17.0 Å². The number of hydrogen-bond donors (Lipinski definition) is 1. The van der Waals surface area contributed by atoms with E-state index in [1.165, 1.54) is 0 Å². The Balaban J connectivity index is 1.54. The number of nitrogens with two attached hydrogens (primary N) is 1. The van der Waals surface area contributed by atoms with Crippen molar-refractivity contribution in [3.05, 3.63) is 18.5 Å². The number of ether oxygens (including phenoxy) is 2. The number of likely N-dealkylation sites (tertiary alicyclic amines) is 1. The quantitative estimate of drug-likeness (QED) is 0.857. The molecule has 0 spiro atoms. The lowest BCUT2D eigenvalue weighted by Crippen LogP contribution is -2.42. The molecule has 1 aliphatic heterocycles. The van der Waals surface area contributed by atoms with Crippen LogP contribution in [0.2, 0.25) is 0 Å². The third-order valence-electron chi connectivity index (χ3n) is 4.63. The SMILES string of the molecule is Cn1nncc1-c1cnc(N)c(OCC2CCN(C(=O)OC(C)(C)C)CC2)c1. The lowest BCUT2D eigenvalue weighted by molar-refractivity contribution is 0.0165. The van der Waals surface area contributed by atoms with E-state index in [1.807, 2.05) is 33.9 Å². The first-order chi connectivity index (χ1) is 13.2. The van der Waals surface area contributed by atoms with E-state index in [2.05, 4.69) is 15.3 Å². The molecule has 0 aromatic carbocycles. The van der Waals surface area contributed by atoms with Crippen LogP contribution in [-0.2, 0) is 11.8 Å². The second-order valence-corrected chi connectivity index (χ2v) is 8.07. The molecule has 0 bridgehead atoms. The van der Waals surface area contributed by atoms with Gasteiger partial charge in [-0.3, -0.25) is 0 Å². The minimum absolute atomic E-state index is 0.252. The third-order valence-corrected chi connectivity index (χ3v) is 4.63. The summed E-state index contributed by atoms with van der Waals surface area (Å²) in [6, 6.07) is 1.86. The highest BCUT2D eigenvalue weighted by Crippen LogP contribution is 2.28. The van der Waals surface area contributed by atoms with Crippen LogP contribution in [-0.4, -0.2) is 56.3 Å². The number of anilines is 1. The lowest BCUT2D eigenvalue weighted by atomic mass is 9.98. The van der Waals surface area contributed by atoms with E-state index in [0.717, 1.165) is 24.1 Å². The summed E-state index contributed by atoms with van der Waals surface area (Å²) in [6.45, 7) is 7.48. The smallest absolute Gasteiger partial charge is 0.410 e. The molecule has 0 atom stereocenters. The van der Waals surface area contributed by atoms with Crippen molar-refractivity contribution in [3.63, 3.8) is 0 Å². The van der Waals surface area contributed by atoms with Gasteiger partial charge in [-0.15, -0.1) is 5.10 Å². The van der Waals surface area contributed by atoms with E-state index < -0.39 is 5.60 Å². The Morgan fingerprint density at radius 1 is 1.29 bits per heavy atom. The van der Waals surface area contributed by atoms with Gasteiger partial charge in [0.15, 0.2) is 11.6 Å². The van der Waals surface area contributed by atoms with Gasteiger partial charge in [-0.2, -0.15) is 0 Å². The molecule has 0 radical (unpaired) electrons. The van der Waals surface area contributed by atoms with Crippen molar-refractivity contribution in [2.24, 2.45) is 13.0 Å². The number of aromatic nitrogens is 4. The maximum absolute atomic E-state index is 12.2. The number of nitrogens with zero attached hydrogens (tertiary/aromatic N) is 5. The fourth-order valence-corrected chi connectivity index (χ4v) is 3.08. The Hall–Kier alpha value is -2.84. The van der Waals surface area contributed by atoms with Crippen LogP contribution in [0.3, 0.4) is 0 Å². The summed E-state index contributed by atoms with van der Waals surface area (Å²) in [7, 11) is 1.82. The first kappa shape index (κ1) is 19.9. The zero-order chi connectivity index (χ0) is 20.3. The molecule has 1 saturated heterocycles. The zero-order valence-corrected chi connectivity index (χ0v) is 16.9. The summed E-state index contributed by atoms with van der Waals surface area (Å²) < 4.78 is 13.1. The molecule has 3 heterocycles. The van der Waals surface area contributed by atoms with Crippen molar-refractivity contribution < 1.29 is 14.3 Å². The fourth-order valence-electron chi connectivity index (χ4n) is 3.08. The van der Waals surface area contributed by atoms with Gasteiger partial charge in [0, 0.05) is 31.9 Å². The van der Waals surface area contributed by atoms with Crippen molar-refractivity contribution >= 4 is 11.9 Å².